The van der Waals surface area contributed by atoms with E-state index in [1.807, 2.05) is 30.3 Å². The van der Waals surface area contributed by atoms with Gasteiger partial charge in [-0.25, -0.2) is 0 Å². The van der Waals surface area contributed by atoms with Crippen LogP contribution in [0.5, 0.6) is 0 Å². The van der Waals surface area contributed by atoms with E-state index < -0.39 is 0 Å². The highest BCUT2D eigenvalue weighted by Crippen LogP contribution is 2.29. The molecule has 0 bridgehead atoms. The minimum absolute atomic E-state index is 0.0556. The van der Waals surface area contributed by atoms with Crippen LogP contribution in [0.1, 0.15) is 17.3 Å². The SMILES string of the molecule is CC(=O)n1c2ccccc2c2cc(C)ccc21. The van der Waals surface area contributed by atoms with Crippen LogP contribution in [-0.2, 0) is 0 Å². The molecule has 0 aliphatic rings. The summed E-state index contributed by atoms with van der Waals surface area (Å²) >= 11 is 0. The summed E-state index contributed by atoms with van der Waals surface area (Å²) in [5, 5.41) is 2.29. The number of aryl methyl sites for hydroxylation is 1. The van der Waals surface area contributed by atoms with E-state index in [1.54, 1.807) is 11.5 Å². The van der Waals surface area contributed by atoms with Crippen LogP contribution in [-0.4, -0.2) is 10.5 Å². The van der Waals surface area contributed by atoms with Gasteiger partial charge in [0.1, 0.15) is 0 Å². The molecule has 1 aromatic heterocycles. The van der Waals surface area contributed by atoms with Crippen LogP contribution in [0, 0.1) is 6.92 Å². The molecule has 0 amide bonds. The fraction of sp³-hybridized carbons (Fsp3) is 0.133. The van der Waals surface area contributed by atoms with Crippen molar-refractivity contribution in [1.82, 2.24) is 4.57 Å². The van der Waals surface area contributed by atoms with Gasteiger partial charge in [0.2, 0.25) is 5.91 Å². The Kier molecular flexibility index (Phi) is 2.05. The minimum atomic E-state index is 0.0556. The molecule has 0 aliphatic carbocycles. The number of para-hydroxylation sites is 1. The Morgan fingerprint density at radius 1 is 1.00 bits per heavy atom. The molecule has 0 saturated carbocycles. The van der Waals surface area contributed by atoms with E-state index in [2.05, 4.69) is 19.1 Å². The minimum Gasteiger partial charge on any atom is -0.280 e. The first kappa shape index (κ1) is 10.1. The molecule has 3 rings (SSSR count). The van der Waals surface area contributed by atoms with Crippen LogP contribution in [0.2, 0.25) is 0 Å². The smallest absolute Gasteiger partial charge is 0.228 e. The lowest BCUT2D eigenvalue weighted by Crippen LogP contribution is -2.04. The number of hydrogen-bond donors (Lipinski definition) is 0. The van der Waals surface area contributed by atoms with Crippen molar-refractivity contribution < 1.29 is 4.79 Å². The van der Waals surface area contributed by atoms with E-state index in [4.69, 9.17) is 0 Å². The molecular weight excluding hydrogens is 210 g/mol. The van der Waals surface area contributed by atoms with Crippen molar-refractivity contribution in [2.45, 2.75) is 13.8 Å². The number of fused-ring (bicyclic) bond motifs is 3. The fourth-order valence-electron chi connectivity index (χ4n) is 2.43. The predicted molar refractivity (Wildman–Crippen MR) is 70.5 cm³/mol. The van der Waals surface area contributed by atoms with E-state index in [1.165, 1.54) is 5.56 Å². The topological polar surface area (TPSA) is 22.0 Å². The zero-order chi connectivity index (χ0) is 12.0. The molecule has 1 heterocycles. The Labute approximate surface area is 99.5 Å². The normalized spacial score (nSPS) is 11.2. The van der Waals surface area contributed by atoms with Crippen molar-refractivity contribution >= 4 is 27.7 Å². The number of nitrogens with zero attached hydrogens (tertiary/aromatic N) is 1. The van der Waals surface area contributed by atoms with Gasteiger partial charge in [-0.15, -0.1) is 0 Å². The summed E-state index contributed by atoms with van der Waals surface area (Å²) in [5.74, 6) is 0.0556. The van der Waals surface area contributed by atoms with Gasteiger partial charge in [0.15, 0.2) is 0 Å². The molecular formula is C15H13NO. The van der Waals surface area contributed by atoms with Crippen LogP contribution in [0.3, 0.4) is 0 Å². The van der Waals surface area contributed by atoms with Crippen molar-refractivity contribution in [3.8, 4) is 0 Å². The van der Waals surface area contributed by atoms with E-state index in [-0.39, 0.29) is 5.91 Å². The first-order chi connectivity index (χ1) is 8.18. The molecule has 0 spiro atoms. The van der Waals surface area contributed by atoms with Crippen molar-refractivity contribution in [2.24, 2.45) is 0 Å². The first-order valence-electron chi connectivity index (χ1n) is 5.69. The van der Waals surface area contributed by atoms with Crippen molar-refractivity contribution in [1.29, 1.82) is 0 Å². The van der Waals surface area contributed by atoms with Gasteiger partial charge in [-0.2, -0.15) is 0 Å². The lowest BCUT2D eigenvalue weighted by Gasteiger charge is -2.01. The summed E-state index contributed by atoms with van der Waals surface area (Å²) < 4.78 is 1.78. The highest BCUT2D eigenvalue weighted by atomic mass is 16.1. The molecule has 0 fully saturated rings. The highest BCUT2D eigenvalue weighted by Gasteiger charge is 2.12. The molecule has 0 unspecified atom stereocenters. The van der Waals surface area contributed by atoms with Crippen molar-refractivity contribution in [2.75, 3.05) is 0 Å². The van der Waals surface area contributed by atoms with Gasteiger partial charge in [0.05, 0.1) is 11.0 Å². The Hall–Kier alpha value is -2.09. The van der Waals surface area contributed by atoms with Gasteiger partial charge in [0, 0.05) is 17.7 Å². The second-order valence-electron chi connectivity index (χ2n) is 4.39. The summed E-state index contributed by atoms with van der Waals surface area (Å²) in [6, 6.07) is 14.2. The zero-order valence-corrected chi connectivity index (χ0v) is 9.90. The third-order valence-corrected chi connectivity index (χ3v) is 3.14. The summed E-state index contributed by atoms with van der Waals surface area (Å²) in [6.07, 6.45) is 0. The lowest BCUT2D eigenvalue weighted by atomic mass is 10.1. The molecule has 2 heteroatoms. The average molecular weight is 223 g/mol. The number of hydrogen-bond acceptors (Lipinski definition) is 1. The maximum absolute atomic E-state index is 11.8. The molecule has 84 valence electrons. The quantitative estimate of drug-likeness (QED) is 0.568. The standard InChI is InChI=1S/C15H13NO/c1-10-7-8-15-13(9-10)12-5-3-4-6-14(12)16(15)11(2)17/h3-9H,1-2H3. The zero-order valence-electron chi connectivity index (χ0n) is 9.90. The molecule has 0 saturated heterocycles. The molecule has 2 nitrogen and oxygen atoms in total. The Balaban J connectivity index is 2.62. The van der Waals surface area contributed by atoms with Crippen molar-refractivity contribution in [3.05, 3.63) is 48.0 Å². The van der Waals surface area contributed by atoms with Crippen LogP contribution >= 0.6 is 0 Å². The lowest BCUT2D eigenvalue weighted by molar-refractivity contribution is 0.0946. The fourth-order valence-corrected chi connectivity index (χ4v) is 2.43. The second-order valence-corrected chi connectivity index (χ2v) is 4.39. The Morgan fingerprint density at radius 2 is 1.71 bits per heavy atom. The van der Waals surface area contributed by atoms with Crippen LogP contribution in [0.15, 0.2) is 42.5 Å². The van der Waals surface area contributed by atoms with E-state index in [0.717, 1.165) is 21.8 Å². The van der Waals surface area contributed by atoms with Crippen LogP contribution in [0.25, 0.3) is 21.8 Å². The van der Waals surface area contributed by atoms with Gasteiger partial charge < -0.3 is 0 Å². The summed E-state index contributed by atoms with van der Waals surface area (Å²) in [5.41, 5.74) is 3.19. The van der Waals surface area contributed by atoms with Crippen LogP contribution in [0.4, 0.5) is 0 Å². The molecule has 17 heavy (non-hydrogen) atoms. The summed E-state index contributed by atoms with van der Waals surface area (Å²) in [4.78, 5) is 11.8. The number of aromatic nitrogens is 1. The molecule has 0 atom stereocenters. The number of carbonyl (C=O) groups is 1. The number of carbonyl (C=O) groups excluding carboxylic acids is 1. The van der Waals surface area contributed by atoms with E-state index in [9.17, 15) is 4.79 Å². The predicted octanol–water partition coefficient (Wildman–Crippen LogP) is 3.76. The van der Waals surface area contributed by atoms with Gasteiger partial charge in [-0.3, -0.25) is 9.36 Å². The first-order valence-corrected chi connectivity index (χ1v) is 5.69. The van der Waals surface area contributed by atoms with Crippen molar-refractivity contribution in [3.63, 3.8) is 0 Å². The summed E-state index contributed by atoms with van der Waals surface area (Å²) in [7, 11) is 0. The maximum Gasteiger partial charge on any atom is 0.228 e. The van der Waals surface area contributed by atoms with E-state index in [0.29, 0.717) is 0 Å². The molecule has 0 N–H and O–H groups in total. The van der Waals surface area contributed by atoms with Crippen LogP contribution < -0.4 is 0 Å². The number of rotatable bonds is 0. The largest absolute Gasteiger partial charge is 0.280 e. The Bertz CT molecular complexity index is 737. The molecule has 2 aromatic carbocycles. The van der Waals surface area contributed by atoms with Gasteiger partial charge >= 0.3 is 0 Å². The van der Waals surface area contributed by atoms with Gasteiger partial charge in [0.25, 0.3) is 0 Å². The molecule has 0 aliphatic heterocycles. The molecule has 3 aromatic rings. The molecule has 0 radical (unpaired) electrons. The second kappa shape index (κ2) is 3.45. The van der Waals surface area contributed by atoms with Gasteiger partial charge in [-0.05, 0) is 25.1 Å². The summed E-state index contributed by atoms with van der Waals surface area (Å²) in [6.45, 7) is 3.67. The number of benzene rings is 2. The average Bonchev–Trinajstić information content (AvgIpc) is 2.63. The monoisotopic (exact) mass is 223 g/mol. The van der Waals surface area contributed by atoms with E-state index >= 15 is 0 Å². The van der Waals surface area contributed by atoms with Gasteiger partial charge in [-0.1, -0.05) is 29.8 Å². The third-order valence-electron chi connectivity index (χ3n) is 3.14. The Morgan fingerprint density at radius 3 is 2.47 bits per heavy atom. The maximum atomic E-state index is 11.8. The highest BCUT2D eigenvalue weighted by molar-refractivity contribution is 6.13. The third kappa shape index (κ3) is 1.37.